The van der Waals surface area contributed by atoms with Crippen molar-refractivity contribution in [2.45, 2.75) is 45.6 Å². The van der Waals surface area contributed by atoms with Gasteiger partial charge in [-0.2, -0.15) is 0 Å². The van der Waals surface area contributed by atoms with E-state index in [0.29, 0.717) is 17.2 Å². The van der Waals surface area contributed by atoms with Crippen molar-refractivity contribution >= 4 is 17.5 Å². The summed E-state index contributed by atoms with van der Waals surface area (Å²) in [5, 5.41) is 0. The number of amides is 2. The third-order valence-electron chi connectivity index (χ3n) is 4.77. The number of likely N-dealkylation sites (tertiary alicyclic amines) is 1. The summed E-state index contributed by atoms with van der Waals surface area (Å²) in [4.78, 5) is 28.5. The molecule has 1 heterocycles. The molecule has 1 aliphatic heterocycles. The number of anilines is 1. The van der Waals surface area contributed by atoms with Gasteiger partial charge in [-0.3, -0.25) is 14.5 Å². The monoisotopic (exact) mass is 348 g/mol. The fraction of sp³-hybridized carbons (Fsp3) is 0.579. The van der Waals surface area contributed by atoms with Gasteiger partial charge >= 0.3 is 0 Å². The third kappa shape index (κ3) is 4.44. The average Bonchev–Trinajstić information content (AvgIpc) is 2.65. The molecule has 138 valence electrons. The molecule has 1 atom stereocenters. The second kappa shape index (κ2) is 8.74. The van der Waals surface area contributed by atoms with Crippen molar-refractivity contribution in [2.75, 3.05) is 32.2 Å². The van der Waals surface area contributed by atoms with Gasteiger partial charge in [0.2, 0.25) is 11.8 Å². The second-order valence-electron chi connectivity index (χ2n) is 6.29. The van der Waals surface area contributed by atoms with Crippen molar-refractivity contribution in [3.63, 3.8) is 0 Å². The Kier molecular flexibility index (Phi) is 6.67. The molecule has 1 aromatic rings. The highest BCUT2D eigenvalue weighted by molar-refractivity contribution is 5.99. The Balaban J connectivity index is 2.26. The van der Waals surface area contributed by atoms with E-state index in [4.69, 9.17) is 9.47 Å². The van der Waals surface area contributed by atoms with E-state index in [9.17, 15) is 9.59 Å². The SMILES string of the molecule is CCC1CCCCN1C(=O)CN(C(C)=O)c1cc(OC)ccc1OC. The van der Waals surface area contributed by atoms with E-state index < -0.39 is 0 Å². The van der Waals surface area contributed by atoms with Crippen LogP contribution in [-0.2, 0) is 9.59 Å². The van der Waals surface area contributed by atoms with E-state index in [1.807, 2.05) is 4.90 Å². The van der Waals surface area contributed by atoms with Crippen molar-refractivity contribution < 1.29 is 19.1 Å². The Morgan fingerprint density at radius 1 is 1.24 bits per heavy atom. The van der Waals surface area contributed by atoms with Crippen LogP contribution in [0.1, 0.15) is 39.5 Å². The minimum atomic E-state index is -0.204. The number of benzene rings is 1. The molecule has 1 aromatic carbocycles. The van der Waals surface area contributed by atoms with Crippen molar-refractivity contribution in [3.8, 4) is 11.5 Å². The largest absolute Gasteiger partial charge is 0.497 e. The number of carbonyl (C=O) groups is 2. The molecule has 0 aliphatic carbocycles. The van der Waals surface area contributed by atoms with Gasteiger partial charge in [0.15, 0.2) is 0 Å². The highest BCUT2D eigenvalue weighted by Gasteiger charge is 2.28. The minimum Gasteiger partial charge on any atom is -0.497 e. The maximum absolute atomic E-state index is 12.9. The van der Waals surface area contributed by atoms with Crippen LogP contribution < -0.4 is 14.4 Å². The summed E-state index contributed by atoms with van der Waals surface area (Å²) in [6.07, 6.45) is 4.15. The molecular formula is C19H28N2O4. The zero-order chi connectivity index (χ0) is 18.4. The van der Waals surface area contributed by atoms with Gasteiger partial charge in [0, 0.05) is 25.6 Å². The number of hydrogen-bond donors (Lipinski definition) is 0. The molecule has 1 fully saturated rings. The van der Waals surface area contributed by atoms with E-state index in [1.54, 1.807) is 32.4 Å². The molecule has 6 heteroatoms. The van der Waals surface area contributed by atoms with Crippen LogP contribution >= 0.6 is 0 Å². The Labute approximate surface area is 149 Å². The Morgan fingerprint density at radius 2 is 2.00 bits per heavy atom. The van der Waals surface area contributed by atoms with Gasteiger partial charge in [0.05, 0.1) is 19.9 Å². The number of nitrogens with zero attached hydrogens (tertiary/aromatic N) is 2. The lowest BCUT2D eigenvalue weighted by molar-refractivity contribution is -0.134. The number of hydrogen-bond acceptors (Lipinski definition) is 4. The van der Waals surface area contributed by atoms with Crippen molar-refractivity contribution in [2.24, 2.45) is 0 Å². The molecule has 1 aliphatic rings. The van der Waals surface area contributed by atoms with Crippen LogP contribution in [0.2, 0.25) is 0 Å². The summed E-state index contributed by atoms with van der Waals surface area (Å²) in [6.45, 7) is 4.33. The van der Waals surface area contributed by atoms with E-state index in [0.717, 1.165) is 32.2 Å². The quantitative estimate of drug-likeness (QED) is 0.793. The summed E-state index contributed by atoms with van der Waals surface area (Å²) >= 11 is 0. The zero-order valence-electron chi connectivity index (χ0n) is 15.6. The van der Waals surface area contributed by atoms with Gasteiger partial charge in [-0.15, -0.1) is 0 Å². The van der Waals surface area contributed by atoms with Crippen LogP contribution in [-0.4, -0.2) is 50.1 Å². The van der Waals surface area contributed by atoms with Crippen LogP contribution in [0, 0.1) is 0 Å². The van der Waals surface area contributed by atoms with Gasteiger partial charge in [-0.25, -0.2) is 0 Å². The van der Waals surface area contributed by atoms with E-state index in [-0.39, 0.29) is 24.4 Å². The van der Waals surface area contributed by atoms with E-state index in [1.165, 1.54) is 11.8 Å². The first-order valence-electron chi connectivity index (χ1n) is 8.81. The molecule has 0 aromatic heterocycles. The number of carbonyl (C=O) groups excluding carboxylic acids is 2. The van der Waals surface area contributed by atoms with Crippen LogP contribution in [0.15, 0.2) is 18.2 Å². The van der Waals surface area contributed by atoms with Crippen LogP contribution in [0.25, 0.3) is 0 Å². The second-order valence-corrected chi connectivity index (χ2v) is 6.29. The van der Waals surface area contributed by atoms with Crippen molar-refractivity contribution in [1.29, 1.82) is 0 Å². The fourth-order valence-corrected chi connectivity index (χ4v) is 3.35. The topological polar surface area (TPSA) is 59.1 Å². The molecule has 0 N–H and O–H groups in total. The van der Waals surface area contributed by atoms with Gasteiger partial charge < -0.3 is 14.4 Å². The number of piperidine rings is 1. The van der Waals surface area contributed by atoms with Crippen molar-refractivity contribution in [1.82, 2.24) is 4.90 Å². The molecule has 0 radical (unpaired) electrons. The molecule has 2 amide bonds. The van der Waals surface area contributed by atoms with Gasteiger partial charge in [0.1, 0.15) is 18.0 Å². The maximum Gasteiger partial charge on any atom is 0.242 e. The summed E-state index contributed by atoms with van der Waals surface area (Å²) in [5.41, 5.74) is 0.549. The number of rotatable bonds is 6. The fourth-order valence-electron chi connectivity index (χ4n) is 3.35. The highest BCUT2D eigenvalue weighted by atomic mass is 16.5. The molecule has 0 saturated carbocycles. The third-order valence-corrected chi connectivity index (χ3v) is 4.77. The van der Waals surface area contributed by atoms with Crippen LogP contribution in [0.3, 0.4) is 0 Å². The van der Waals surface area contributed by atoms with Gasteiger partial charge in [-0.1, -0.05) is 6.92 Å². The number of methoxy groups -OCH3 is 2. The summed E-state index contributed by atoms with van der Waals surface area (Å²) in [6, 6.07) is 5.49. The van der Waals surface area contributed by atoms with Crippen molar-refractivity contribution in [3.05, 3.63) is 18.2 Å². The maximum atomic E-state index is 12.9. The molecule has 25 heavy (non-hydrogen) atoms. The Morgan fingerprint density at radius 3 is 2.60 bits per heavy atom. The smallest absolute Gasteiger partial charge is 0.242 e. The normalized spacial score (nSPS) is 17.1. The van der Waals surface area contributed by atoms with Crippen LogP contribution in [0.4, 0.5) is 5.69 Å². The summed E-state index contributed by atoms with van der Waals surface area (Å²) in [7, 11) is 3.11. The Bertz CT molecular complexity index is 617. The first-order valence-corrected chi connectivity index (χ1v) is 8.81. The minimum absolute atomic E-state index is 0.00929. The lowest BCUT2D eigenvalue weighted by Gasteiger charge is -2.36. The molecule has 6 nitrogen and oxygen atoms in total. The molecular weight excluding hydrogens is 320 g/mol. The first-order chi connectivity index (χ1) is 12.0. The molecule has 1 saturated heterocycles. The first kappa shape index (κ1) is 19.1. The molecule has 0 bridgehead atoms. The lowest BCUT2D eigenvalue weighted by atomic mass is 10.00. The van der Waals surface area contributed by atoms with E-state index in [2.05, 4.69) is 6.92 Å². The predicted molar refractivity (Wildman–Crippen MR) is 97.2 cm³/mol. The molecule has 0 spiro atoms. The molecule has 2 rings (SSSR count). The summed E-state index contributed by atoms with van der Waals surface area (Å²) in [5.74, 6) is 0.921. The predicted octanol–water partition coefficient (Wildman–Crippen LogP) is 2.85. The van der Waals surface area contributed by atoms with Gasteiger partial charge in [-0.05, 0) is 37.8 Å². The highest BCUT2D eigenvalue weighted by Crippen LogP contribution is 2.32. The van der Waals surface area contributed by atoms with Crippen LogP contribution in [0.5, 0.6) is 11.5 Å². The average molecular weight is 348 g/mol. The Hall–Kier alpha value is -2.24. The standard InChI is InChI=1S/C19H28N2O4/c1-5-15-8-6-7-11-20(15)19(23)13-21(14(2)22)17-12-16(24-3)9-10-18(17)25-4/h9-10,12,15H,5-8,11,13H2,1-4H3. The molecule has 1 unspecified atom stereocenters. The number of ether oxygens (including phenoxy) is 2. The zero-order valence-corrected chi connectivity index (χ0v) is 15.6. The van der Waals surface area contributed by atoms with E-state index >= 15 is 0 Å². The lowest BCUT2D eigenvalue weighted by Crippen LogP contribution is -2.48. The summed E-state index contributed by atoms with van der Waals surface area (Å²) < 4.78 is 10.6. The van der Waals surface area contributed by atoms with Gasteiger partial charge in [0.25, 0.3) is 0 Å².